The molecule has 0 saturated heterocycles. The lowest BCUT2D eigenvalue weighted by molar-refractivity contribution is 0.0821. The number of hydrogen-bond acceptors (Lipinski definition) is 4. The number of rotatable bonds is 5. The maximum Gasteiger partial charge on any atom is 0.273 e. The van der Waals surface area contributed by atoms with Gasteiger partial charge in [-0.15, -0.1) is 10.2 Å². The Kier molecular flexibility index (Phi) is 5.53. The number of carbonyl (C=O) groups excluding carboxylic acids is 1. The van der Waals surface area contributed by atoms with Crippen molar-refractivity contribution in [3.8, 4) is 0 Å². The van der Waals surface area contributed by atoms with Gasteiger partial charge in [0.1, 0.15) is 5.82 Å². The molecule has 1 amide bonds. The van der Waals surface area contributed by atoms with Crippen LogP contribution < -0.4 is 5.32 Å². The molecule has 0 aromatic carbocycles. The normalized spacial score (nSPS) is 21.9. The predicted molar refractivity (Wildman–Crippen MR) is 84.3 cm³/mol. The summed E-state index contributed by atoms with van der Waals surface area (Å²) in [6.07, 6.45) is 6.62. The van der Waals surface area contributed by atoms with E-state index in [1.807, 2.05) is 6.07 Å². The van der Waals surface area contributed by atoms with Crippen molar-refractivity contribution in [3.63, 3.8) is 0 Å². The van der Waals surface area contributed by atoms with Gasteiger partial charge in [-0.1, -0.05) is 26.2 Å². The molecule has 0 radical (unpaired) electrons. The van der Waals surface area contributed by atoms with E-state index in [4.69, 9.17) is 0 Å². The van der Waals surface area contributed by atoms with Crippen molar-refractivity contribution in [2.75, 3.05) is 26.0 Å². The standard InChI is InChI=1S/C16H26N4O/c1-4-12-5-7-13(8-6-12)11-17-15-10-9-14(18-19-15)16(21)20(2)3/h9-10,12-13H,4-8,11H2,1-3H3,(H,17,19). The molecule has 1 aliphatic rings. The van der Waals surface area contributed by atoms with Crippen LogP contribution in [0.1, 0.15) is 49.5 Å². The van der Waals surface area contributed by atoms with E-state index in [0.29, 0.717) is 5.69 Å². The first-order valence-corrected chi connectivity index (χ1v) is 7.89. The maximum absolute atomic E-state index is 11.7. The molecule has 0 atom stereocenters. The second kappa shape index (κ2) is 7.38. The van der Waals surface area contributed by atoms with Gasteiger partial charge in [0.05, 0.1) is 0 Å². The van der Waals surface area contributed by atoms with Gasteiger partial charge in [0.15, 0.2) is 5.69 Å². The van der Waals surface area contributed by atoms with Crippen molar-refractivity contribution in [1.82, 2.24) is 15.1 Å². The quantitative estimate of drug-likeness (QED) is 0.906. The molecule has 1 aliphatic carbocycles. The highest BCUT2D eigenvalue weighted by atomic mass is 16.2. The highest BCUT2D eigenvalue weighted by Crippen LogP contribution is 2.30. The second-order valence-corrected chi connectivity index (χ2v) is 6.18. The lowest BCUT2D eigenvalue weighted by Gasteiger charge is -2.27. The summed E-state index contributed by atoms with van der Waals surface area (Å²) < 4.78 is 0. The number of carbonyl (C=O) groups is 1. The van der Waals surface area contributed by atoms with Gasteiger partial charge >= 0.3 is 0 Å². The summed E-state index contributed by atoms with van der Waals surface area (Å²) in [6, 6.07) is 3.56. The molecular weight excluding hydrogens is 264 g/mol. The highest BCUT2D eigenvalue weighted by Gasteiger charge is 2.19. The van der Waals surface area contributed by atoms with E-state index < -0.39 is 0 Å². The topological polar surface area (TPSA) is 58.1 Å². The van der Waals surface area contributed by atoms with Gasteiger partial charge in [0, 0.05) is 20.6 Å². The van der Waals surface area contributed by atoms with Crippen LogP contribution in [0.25, 0.3) is 0 Å². The Balaban J connectivity index is 1.80. The van der Waals surface area contributed by atoms with E-state index in [1.165, 1.54) is 37.0 Å². The Labute approximate surface area is 127 Å². The molecule has 0 bridgehead atoms. The molecule has 1 saturated carbocycles. The molecule has 1 fully saturated rings. The van der Waals surface area contributed by atoms with Crippen LogP contribution >= 0.6 is 0 Å². The minimum absolute atomic E-state index is 0.119. The minimum atomic E-state index is -0.119. The van der Waals surface area contributed by atoms with Crippen LogP contribution in [0.2, 0.25) is 0 Å². The fourth-order valence-electron chi connectivity index (χ4n) is 2.86. The maximum atomic E-state index is 11.7. The molecule has 1 aromatic heterocycles. The van der Waals surface area contributed by atoms with Crippen LogP contribution in [0.5, 0.6) is 0 Å². The Hall–Kier alpha value is -1.65. The summed E-state index contributed by atoms with van der Waals surface area (Å²) in [6.45, 7) is 3.24. The van der Waals surface area contributed by atoms with E-state index in [-0.39, 0.29) is 5.91 Å². The van der Waals surface area contributed by atoms with Gasteiger partial charge < -0.3 is 10.2 Å². The number of anilines is 1. The zero-order valence-electron chi connectivity index (χ0n) is 13.3. The lowest BCUT2D eigenvalue weighted by atomic mass is 9.81. The van der Waals surface area contributed by atoms with Gasteiger partial charge in [0.2, 0.25) is 0 Å². The summed E-state index contributed by atoms with van der Waals surface area (Å²) in [5.74, 6) is 2.30. The van der Waals surface area contributed by atoms with E-state index in [0.717, 1.165) is 24.2 Å². The number of nitrogens with zero attached hydrogens (tertiary/aromatic N) is 3. The average molecular weight is 290 g/mol. The molecule has 2 rings (SSSR count). The molecular formula is C16H26N4O. The lowest BCUT2D eigenvalue weighted by Crippen LogP contribution is -2.24. The molecule has 21 heavy (non-hydrogen) atoms. The third-order valence-electron chi connectivity index (χ3n) is 4.41. The Morgan fingerprint density at radius 3 is 2.38 bits per heavy atom. The summed E-state index contributed by atoms with van der Waals surface area (Å²) in [5, 5.41) is 11.4. The third kappa shape index (κ3) is 4.41. The number of nitrogens with one attached hydrogen (secondary N) is 1. The van der Waals surface area contributed by atoms with E-state index >= 15 is 0 Å². The predicted octanol–water partition coefficient (Wildman–Crippen LogP) is 2.81. The van der Waals surface area contributed by atoms with Crippen molar-refractivity contribution >= 4 is 11.7 Å². The Morgan fingerprint density at radius 2 is 1.86 bits per heavy atom. The van der Waals surface area contributed by atoms with Crippen molar-refractivity contribution in [2.24, 2.45) is 11.8 Å². The van der Waals surface area contributed by atoms with Gasteiger partial charge in [0.25, 0.3) is 5.91 Å². The number of hydrogen-bond donors (Lipinski definition) is 1. The van der Waals surface area contributed by atoms with E-state index in [2.05, 4.69) is 22.4 Å². The Bertz CT molecular complexity index is 450. The van der Waals surface area contributed by atoms with Crippen LogP contribution in [0.15, 0.2) is 12.1 Å². The van der Waals surface area contributed by atoms with E-state index in [9.17, 15) is 4.79 Å². The zero-order valence-corrected chi connectivity index (χ0v) is 13.3. The average Bonchev–Trinajstić information content (AvgIpc) is 2.53. The molecule has 1 heterocycles. The summed E-state index contributed by atoms with van der Waals surface area (Å²) in [7, 11) is 3.42. The summed E-state index contributed by atoms with van der Waals surface area (Å²) in [4.78, 5) is 13.2. The van der Waals surface area contributed by atoms with Crippen molar-refractivity contribution in [1.29, 1.82) is 0 Å². The van der Waals surface area contributed by atoms with Gasteiger partial charge in [-0.2, -0.15) is 0 Å². The molecule has 116 valence electrons. The summed E-state index contributed by atoms with van der Waals surface area (Å²) in [5.41, 5.74) is 0.383. The van der Waals surface area contributed by atoms with E-state index in [1.54, 1.807) is 20.2 Å². The SMILES string of the molecule is CCC1CCC(CNc2ccc(C(=O)N(C)C)nn2)CC1. The number of aromatic nitrogens is 2. The van der Waals surface area contributed by atoms with Crippen molar-refractivity contribution in [2.45, 2.75) is 39.0 Å². The molecule has 1 aromatic rings. The van der Waals surface area contributed by atoms with Gasteiger partial charge in [-0.25, -0.2) is 0 Å². The first-order valence-electron chi connectivity index (χ1n) is 7.89. The zero-order chi connectivity index (χ0) is 15.2. The fourth-order valence-corrected chi connectivity index (χ4v) is 2.86. The molecule has 5 heteroatoms. The highest BCUT2D eigenvalue weighted by molar-refractivity contribution is 5.91. The first-order chi connectivity index (χ1) is 10.1. The summed E-state index contributed by atoms with van der Waals surface area (Å²) >= 11 is 0. The van der Waals surface area contributed by atoms with Crippen molar-refractivity contribution < 1.29 is 4.79 Å². The second-order valence-electron chi connectivity index (χ2n) is 6.18. The minimum Gasteiger partial charge on any atom is -0.368 e. The first kappa shape index (κ1) is 15.7. The number of amides is 1. The van der Waals surface area contributed by atoms with Gasteiger partial charge in [-0.05, 0) is 36.8 Å². The third-order valence-corrected chi connectivity index (χ3v) is 4.41. The fraction of sp³-hybridized carbons (Fsp3) is 0.688. The monoisotopic (exact) mass is 290 g/mol. The van der Waals surface area contributed by atoms with Gasteiger partial charge in [-0.3, -0.25) is 4.79 Å². The molecule has 0 unspecified atom stereocenters. The molecule has 5 nitrogen and oxygen atoms in total. The van der Waals surface area contributed by atoms with Crippen molar-refractivity contribution in [3.05, 3.63) is 17.8 Å². The molecule has 0 spiro atoms. The smallest absolute Gasteiger partial charge is 0.273 e. The van der Waals surface area contributed by atoms with Crippen LogP contribution in [-0.4, -0.2) is 41.6 Å². The molecule has 1 N–H and O–H groups in total. The van der Waals surface area contributed by atoms with Crippen LogP contribution in [0.3, 0.4) is 0 Å². The Morgan fingerprint density at radius 1 is 1.19 bits per heavy atom. The van der Waals surface area contributed by atoms with Crippen LogP contribution in [0, 0.1) is 11.8 Å². The van der Waals surface area contributed by atoms with Crippen LogP contribution in [-0.2, 0) is 0 Å². The largest absolute Gasteiger partial charge is 0.368 e. The molecule has 0 aliphatic heterocycles. The van der Waals surface area contributed by atoms with Crippen LogP contribution in [0.4, 0.5) is 5.82 Å².